The molecule has 3 heterocycles. The second kappa shape index (κ2) is 14.4. The highest BCUT2D eigenvalue weighted by atomic mass is 16.3. The van der Waals surface area contributed by atoms with Gasteiger partial charge < -0.3 is 14.6 Å². The monoisotopic (exact) mass is 770 g/mol. The standard InChI is InChI=1S/C54H46N2O3/c1-31-15-13-16-32(2)49(31)37-28-44(41-30-48-52(39-19-11-12-22-47(39)59-48)51(53(41)58)35-17-9-8-10-18-35)56-45(29-37)43-21-14-20-42(55-43)40-27-36(23-24-46(40)57)50-33(3)25-38(26-34(50)4)54(5,6)7/h8-30,57-58H,1-7H3. The summed E-state index contributed by atoms with van der Waals surface area (Å²) in [6.45, 7) is 15.2. The van der Waals surface area contributed by atoms with Gasteiger partial charge in [-0.3, -0.25) is 0 Å². The number of aromatic nitrogens is 2. The SMILES string of the molecule is Cc1cccc(C)c1-c1cc(-c2cccc(-c3cc(-c4c(C)cc(C(C)(C)C)cc4C)ccc3O)n2)nc(-c2cc3oc4ccccc4c3c(-c3ccccc3)c2O)c1. The zero-order valence-electron chi connectivity index (χ0n) is 34.5. The van der Waals surface area contributed by atoms with Crippen LogP contribution in [0.2, 0.25) is 0 Å². The summed E-state index contributed by atoms with van der Waals surface area (Å²) in [5.41, 5.74) is 16.8. The molecular formula is C54H46N2O3. The number of benzene rings is 6. The van der Waals surface area contributed by atoms with Crippen LogP contribution >= 0.6 is 0 Å². The summed E-state index contributed by atoms with van der Waals surface area (Å²) in [4.78, 5) is 10.4. The van der Waals surface area contributed by atoms with E-state index in [4.69, 9.17) is 14.4 Å². The molecule has 59 heavy (non-hydrogen) atoms. The second-order valence-corrected chi connectivity index (χ2v) is 16.8. The number of nitrogens with zero attached hydrogens (tertiary/aromatic N) is 2. The van der Waals surface area contributed by atoms with Gasteiger partial charge in [-0.15, -0.1) is 0 Å². The Balaban J connectivity index is 1.24. The Kier molecular flexibility index (Phi) is 9.20. The molecule has 0 radical (unpaired) electrons. The normalized spacial score (nSPS) is 11.8. The van der Waals surface area contributed by atoms with Gasteiger partial charge in [-0.1, -0.05) is 112 Å². The molecule has 0 fully saturated rings. The first-order valence-corrected chi connectivity index (χ1v) is 20.1. The quantitative estimate of drug-likeness (QED) is 0.176. The van der Waals surface area contributed by atoms with E-state index in [0.29, 0.717) is 45.0 Å². The van der Waals surface area contributed by atoms with Gasteiger partial charge >= 0.3 is 0 Å². The van der Waals surface area contributed by atoms with Crippen LogP contribution in [0.3, 0.4) is 0 Å². The van der Waals surface area contributed by atoms with Crippen molar-refractivity contribution in [3.05, 3.63) is 167 Å². The molecule has 0 amide bonds. The minimum absolute atomic E-state index is 0.0325. The molecule has 0 bridgehead atoms. The number of fused-ring (bicyclic) bond motifs is 3. The first kappa shape index (κ1) is 37.6. The summed E-state index contributed by atoms with van der Waals surface area (Å²) in [6, 6.07) is 46.3. The van der Waals surface area contributed by atoms with Gasteiger partial charge in [-0.25, -0.2) is 9.97 Å². The van der Waals surface area contributed by atoms with E-state index in [9.17, 15) is 10.2 Å². The Morgan fingerprint density at radius 1 is 0.458 bits per heavy atom. The highest BCUT2D eigenvalue weighted by Gasteiger charge is 2.24. The molecule has 6 aromatic carbocycles. The molecule has 9 rings (SSSR count). The molecule has 0 atom stereocenters. The van der Waals surface area contributed by atoms with E-state index in [2.05, 4.69) is 84.9 Å². The molecule has 0 unspecified atom stereocenters. The maximum Gasteiger partial charge on any atom is 0.137 e. The number of furan rings is 1. The molecular weight excluding hydrogens is 725 g/mol. The Hall–Kier alpha value is -6.98. The predicted molar refractivity (Wildman–Crippen MR) is 243 cm³/mol. The van der Waals surface area contributed by atoms with Crippen LogP contribution in [0.4, 0.5) is 0 Å². The molecule has 0 aliphatic heterocycles. The third kappa shape index (κ3) is 6.72. The molecule has 0 aliphatic rings. The first-order valence-electron chi connectivity index (χ1n) is 20.1. The van der Waals surface area contributed by atoms with Crippen molar-refractivity contribution < 1.29 is 14.6 Å². The second-order valence-electron chi connectivity index (χ2n) is 16.8. The lowest BCUT2D eigenvalue weighted by Gasteiger charge is -2.22. The zero-order valence-corrected chi connectivity index (χ0v) is 34.5. The van der Waals surface area contributed by atoms with Gasteiger partial charge in [0.1, 0.15) is 22.7 Å². The highest BCUT2D eigenvalue weighted by molar-refractivity contribution is 6.15. The lowest BCUT2D eigenvalue weighted by Crippen LogP contribution is -2.12. The van der Waals surface area contributed by atoms with E-state index in [0.717, 1.165) is 55.3 Å². The third-order valence-corrected chi connectivity index (χ3v) is 11.5. The smallest absolute Gasteiger partial charge is 0.137 e. The van der Waals surface area contributed by atoms with Crippen LogP contribution in [-0.2, 0) is 5.41 Å². The number of aryl methyl sites for hydroxylation is 4. The average Bonchev–Trinajstić information content (AvgIpc) is 3.59. The Bertz CT molecular complexity index is 3050. The van der Waals surface area contributed by atoms with Gasteiger partial charge in [0, 0.05) is 27.5 Å². The van der Waals surface area contributed by atoms with Crippen molar-refractivity contribution in [1.29, 1.82) is 0 Å². The van der Waals surface area contributed by atoms with E-state index >= 15 is 0 Å². The number of hydrogen-bond acceptors (Lipinski definition) is 5. The number of hydrogen-bond donors (Lipinski definition) is 2. The number of aromatic hydroxyl groups is 2. The van der Waals surface area contributed by atoms with Gasteiger partial charge in [-0.05, 0) is 137 Å². The summed E-state index contributed by atoms with van der Waals surface area (Å²) >= 11 is 0. The number of pyridine rings is 2. The van der Waals surface area contributed by atoms with Crippen molar-refractivity contribution in [3.8, 4) is 78.8 Å². The zero-order chi connectivity index (χ0) is 41.2. The Morgan fingerprint density at radius 2 is 1.08 bits per heavy atom. The van der Waals surface area contributed by atoms with Crippen molar-refractivity contribution in [2.75, 3.05) is 0 Å². The fourth-order valence-electron chi connectivity index (χ4n) is 8.65. The summed E-state index contributed by atoms with van der Waals surface area (Å²) in [6.07, 6.45) is 0. The van der Waals surface area contributed by atoms with Crippen molar-refractivity contribution in [3.63, 3.8) is 0 Å². The van der Waals surface area contributed by atoms with Crippen molar-refractivity contribution in [2.45, 2.75) is 53.9 Å². The van der Waals surface area contributed by atoms with Crippen LogP contribution in [0.1, 0.15) is 48.6 Å². The van der Waals surface area contributed by atoms with E-state index < -0.39 is 0 Å². The Morgan fingerprint density at radius 3 is 1.81 bits per heavy atom. The maximum atomic E-state index is 12.4. The summed E-state index contributed by atoms with van der Waals surface area (Å²) in [5, 5.41) is 25.5. The van der Waals surface area contributed by atoms with Crippen LogP contribution in [0.5, 0.6) is 11.5 Å². The molecule has 9 aromatic rings. The van der Waals surface area contributed by atoms with Crippen LogP contribution in [-0.4, -0.2) is 20.2 Å². The highest BCUT2D eigenvalue weighted by Crippen LogP contribution is 2.48. The van der Waals surface area contributed by atoms with Gasteiger partial charge in [0.05, 0.1) is 22.8 Å². The minimum Gasteiger partial charge on any atom is -0.507 e. The number of rotatable bonds is 6. The van der Waals surface area contributed by atoms with Crippen LogP contribution < -0.4 is 0 Å². The topological polar surface area (TPSA) is 79.4 Å². The lowest BCUT2D eigenvalue weighted by atomic mass is 9.82. The van der Waals surface area contributed by atoms with Crippen molar-refractivity contribution in [2.24, 2.45) is 0 Å². The minimum atomic E-state index is 0.0325. The number of phenols is 2. The summed E-state index contributed by atoms with van der Waals surface area (Å²) in [7, 11) is 0. The molecule has 0 saturated heterocycles. The van der Waals surface area contributed by atoms with Crippen molar-refractivity contribution >= 4 is 21.9 Å². The largest absolute Gasteiger partial charge is 0.507 e. The van der Waals surface area contributed by atoms with Gasteiger partial charge in [0.25, 0.3) is 0 Å². The van der Waals surface area contributed by atoms with Gasteiger partial charge in [-0.2, -0.15) is 0 Å². The number of phenolic OH excluding ortho intramolecular Hbond substituents is 2. The van der Waals surface area contributed by atoms with Gasteiger partial charge in [0.15, 0.2) is 0 Å². The van der Waals surface area contributed by atoms with E-state index in [1.54, 1.807) is 6.07 Å². The average molecular weight is 771 g/mol. The van der Waals surface area contributed by atoms with Crippen LogP contribution in [0.25, 0.3) is 89.2 Å². The first-order chi connectivity index (χ1) is 28.4. The molecule has 5 nitrogen and oxygen atoms in total. The van der Waals surface area contributed by atoms with Crippen LogP contribution in [0, 0.1) is 27.7 Å². The summed E-state index contributed by atoms with van der Waals surface area (Å²) < 4.78 is 6.48. The fraction of sp³-hybridized carbons (Fsp3) is 0.148. The van der Waals surface area contributed by atoms with Gasteiger partial charge in [0.2, 0.25) is 0 Å². The molecule has 2 N–H and O–H groups in total. The number of para-hydroxylation sites is 1. The van der Waals surface area contributed by atoms with Crippen LogP contribution in [0.15, 0.2) is 144 Å². The maximum absolute atomic E-state index is 12.4. The molecule has 0 saturated carbocycles. The molecule has 290 valence electrons. The van der Waals surface area contributed by atoms with E-state index in [1.165, 1.54) is 16.7 Å². The molecule has 0 spiro atoms. The Labute approximate surface area is 345 Å². The molecule has 5 heteroatoms. The predicted octanol–water partition coefficient (Wildman–Crippen LogP) is 14.3. The third-order valence-electron chi connectivity index (χ3n) is 11.5. The fourth-order valence-corrected chi connectivity index (χ4v) is 8.65. The summed E-state index contributed by atoms with van der Waals surface area (Å²) in [5.74, 6) is 0.271. The van der Waals surface area contributed by atoms with E-state index in [1.807, 2.05) is 97.1 Å². The van der Waals surface area contributed by atoms with E-state index in [-0.39, 0.29) is 16.9 Å². The lowest BCUT2D eigenvalue weighted by molar-refractivity contribution is 0.477. The molecule has 0 aliphatic carbocycles. The molecule has 3 aromatic heterocycles. The van der Waals surface area contributed by atoms with Crippen molar-refractivity contribution in [1.82, 2.24) is 9.97 Å².